The molecule has 0 radical (unpaired) electrons. The SMILES string of the molecule is COc1cccc(CCNC(=O)Cc2ccc3oc(C)nc3c2)c1. The van der Waals surface area contributed by atoms with E-state index in [2.05, 4.69) is 10.3 Å². The van der Waals surface area contributed by atoms with Gasteiger partial charge in [-0.25, -0.2) is 4.98 Å². The van der Waals surface area contributed by atoms with Crippen molar-refractivity contribution in [3.63, 3.8) is 0 Å². The number of nitrogens with one attached hydrogen (secondary N) is 1. The quantitative estimate of drug-likeness (QED) is 0.757. The van der Waals surface area contributed by atoms with Crippen molar-refractivity contribution in [1.29, 1.82) is 0 Å². The van der Waals surface area contributed by atoms with Gasteiger partial charge in [0.25, 0.3) is 0 Å². The fraction of sp³-hybridized carbons (Fsp3) is 0.263. The van der Waals surface area contributed by atoms with Crippen molar-refractivity contribution in [2.75, 3.05) is 13.7 Å². The van der Waals surface area contributed by atoms with Crippen molar-refractivity contribution in [2.45, 2.75) is 19.8 Å². The molecule has 1 heterocycles. The Bertz CT molecular complexity index is 855. The second-order valence-corrected chi connectivity index (χ2v) is 5.66. The monoisotopic (exact) mass is 324 g/mol. The second-order valence-electron chi connectivity index (χ2n) is 5.66. The van der Waals surface area contributed by atoms with E-state index in [0.717, 1.165) is 34.4 Å². The molecule has 0 fully saturated rings. The van der Waals surface area contributed by atoms with Gasteiger partial charge in [0.15, 0.2) is 11.5 Å². The lowest BCUT2D eigenvalue weighted by atomic mass is 10.1. The zero-order chi connectivity index (χ0) is 16.9. The van der Waals surface area contributed by atoms with E-state index in [0.29, 0.717) is 18.9 Å². The van der Waals surface area contributed by atoms with E-state index in [1.165, 1.54) is 0 Å². The van der Waals surface area contributed by atoms with Crippen LogP contribution < -0.4 is 10.1 Å². The van der Waals surface area contributed by atoms with Crippen molar-refractivity contribution >= 4 is 17.0 Å². The normalized spacial score (nSPS) is 10.8. The largest absolute Gasteiger partial charge is 0.497 e. The number of aromatic nitrogens is 1. The summed E-state index contributed by atoms with van der Waals surface area (Å²) in [5, 5.41) is 2.95. The van der Waals surface area contributed by atoms with Crippen LogP contribution in [0.3, 0.4) is 0 Å². The number of amides is 1. The minimum atomic E-state index is -0.00235. The fourth-order valence-electron chi connectivity index (χ4n) is 2.62. The van der Waals surface area contributed by atoms with Crippen LogP contribution >= 0.6 is 0 Å². The zero-order valence-electron chi connectivity index (χ0n) is 13.8. The maximum atomic E-state index is 12.1. The zero-order valence-corrected chi connectivity index (χ0v) is 13.8. The maximum absolute atomic E-state index is 12.1. The van der Waals surface area contributed by atoms with E-state index >= 15 is 0 Å². The van der Waals surface area contributed by atoms with Gasteiger partial charge in [-0.05, 0) is 41.8 Å². The number of ether oxygens (including phenoxy) is 1. The minimum absolute atomic E-state index is 0.00235. The molecule has 0 unspecified atom stereocenters. The van der Waals surface area contributed by atoms with Gasteiger partial charge in [-0.15, -0.1) is 0 Å². The first-order valence-electron chi connectivity index (χ1n) is 7.90. The molecule has 0 saturated heterocycles. The van der Waals surface area contributed by atoms with Crippen molar-refractivity contribution in [1.82, 2.24) is 10.3 Å². The number of nitrogens with zero attached hydrogens (tertiary/aromatic N) is 1. The molecule has 1 aromatic heterocycles. The van der Waals surface area contributed by atoms with Gasteiger partial charge in [0, 0.05) is 13.5 Å². The summed E-state index contributed by atoms with van der Waals surface area (Å²) in [6, 6.07) is 13.5. The van der Waals surface area contributed by atoms with E-state index in [9.17, 15) is 4.79 Å². The van der Waals surface area contributed by atoms with Gasteiger partial charge < -0.3 is 14.5 Å². The van der Waals surface area contributed by atoms with E-state index in [1.807, 2.05) is 49.4 Å². The van der Waals surface area contributed by atoms with Crippen LogP contribution in [0.2, 0.25) is 0 Å². The van der Waals surface area contributed by atoms with E-state index in [4.69, 9.17) is 9.15 Å². The van der Waals surface area contributed by atoms with Crippen LogP contribution in [0.25, 0.3) is 11.1 Å². The van der Waals surface area contributed by atoms with Crippen LogP contribution in [-0.2, 0) is 17.6 Å². The summed E-state index contributed by atoms with van der Waals surface area (Å²) >= 11 is 0. The summed E-state index contributed by atoms with van der Waals surface area (Å²) in [5.74, 6) is 1.46. The van der Waals surface area contributed by atoms with Crippen LogP contribution in [0.4, 0.5) is 0 Å². The molecule has 0 aliphatic heterocycles. The number of fused-ring (bicyclic) bond motifs is 1. The third-order valence-electron chi connectivity index (χ3n) is 3.79. The van der Waals surface area contributed by atoms with Crippen molar-refractivity contribution in [3.8, 4) is 5.75 Å². The predicted octanol–water partition coefficient (Wildman–Crippen LogP) is 3.05. The van der Waals surface area contributed by atoms with Crippen LogP contribution in [-0.4, -0.2) is 24.5 Å². The number of carbonyl (C=O) groups excluding carboxylic acids is 1. The van der Waals surface area contributed by atoms with Gasteiger partial charge in [-0.1, -0.05) is 18.2 Å². The molecule has 2 aromatic carbocycles. The summed E-state index contributed by atoms with van der Waals surface area (Å²) in [6.07, 6.45) is 1.10. The average Bonchev–Trinajstić information content (AvgIpc) is 2.94. The number of carbonyl (C=O) groups is 1. The highest BCUT2D eigenvalue weighted by Crippen LogP contribution is 2.17. The molecule has 5 nitrogen and oxygen atoms in total. The Balaban J connectivity index is 1.52. The van der Waals surface area contributed by atoms with Gasteiger partial charge in [-0.3, -0.25) is 4.79 Å². The molecule has 0 aliphatic rings. The first kappa shape index (κ1) is 16.1. The summed E-state index contributed by atoms with van der Waals surface area (Å²) in [7, 11) is 1.65. The molecule has 0 aliphatic carbocycles. The Morgan fingerprint density at radius 1 is 1.21 bits per heavy atom. The number of hydrogen-bond donors (Lipinski definition) is 1. The lowest BCUT2D eigenvalue weighted by Crippen LogP contribution is -2.27. The van der Waals surface area contributed by atoms with Gasteiger partial charge in [0.2, 0.25) is 5.91 Å². The summed E-state index contributed by atoms with van der Waals surface area (Å²) in [4.78, 5) is 16.4. The number of rotatable bonds is 6. The Morgan fingerprint density at radius 2 is 2.08 bits per heavy atom. The molecule has 0 atom stereocenters. The Labute approximate surface area is 140 Å². The number of hydrogen-bond acceptors (Lipinski definition) is 4. The highest BCUT2D eigenvalue weighted by atomic mass is 16.5. The van der Waals surface area contributed by atoms with Crippen LogP contribution in [0, 0.1) is 6.92 Å². The van der Waals surface area contributed by atoms with Crippen LogP contribution in [0.5, 0.6) is 5.75 Å². The van der Waals surface area contributed by atoms with Crippen molar-refractivity contribution in [3.05, 3.63) is 59.5 Å². The summed E-state index contributed by atoms with van der Waals surface area (Å²) < 4.78 is 10.6. The molecule has 124 valence electrons. The lowest BCUT2D eigenvalue weighted by Gasteiger charge is -2.07. The number of methoxy groups -OCH3 is 1. The van der Waals surface area contributed by atoms with E-state index in [-0.39, 0.29) is 5.91 Å². The molecule has 0 saturated carbocycles. The first-order valence-corrected chi connectivity index (χ1v) is 7.90. The highest BCUT2D eigenvalue weighted by molar-refractivity contribution is 5.81. The van der Waals surface area contributed by atoms with Gasteiger partial charge >= 0.3 is 0 Å². The van der Waals surface area contributed by atoms with Gasteiger partial charge in [-0.2, -0.15) is 0 Å². The topological polar surface area (TPSA) is 64.4 Å². The van der Waals surface area contributed by atoms with E-state index in [1.54, 1.807) is 7.11 Å². The third kappa shape index (κ3) is 3.93. The molecule has 0 bridgehead atoms. The smallest absolute Gasteiger partial charge is 0.224 e. The molecular formula is C19H20N2O3. The molecule has 24 heavy (non-hydrogen) atoms. The minimum Gasteiger partial charge on any atom is -0.497 e. The molecule has 0 spiro atoms. The third-order valence-corrected chi connectivity index (χ3v) is 3.79. The molecule has 5 heteroatoms. The standard InChI is InChI=1S/C19H20N2O3/c1-13-21-17-11-15(6-7-18(17)24-13)12-19(22)20-9-8-14-4-3-5-16(10-14)23-2/h3-7,10-11H,8-9,12H2,1-2H3,(H,20,22). The maximum Gasteiger partial charge on any atom is 0.224 e. The first-order chi connectivity index (χ1) is 11.6. The van der Waals surface area contributed by atoms with Gasteiger partial charge in [0.1, 0.15) is 11.3 Å². The molecule has 3 rings (SSSR count). The summed E-state index contributed by atoms with van der Waals surface area (Å²) in [6.45, 7) is 2.41. The highest BCUT2D eigenvalue weighted by Gasteiger charge is 2.07. The second kappa shape index (κ2) is 7.17. The molecule has 1 amide bonds. The molecule has 3 aromatic rings. The average molecular weight is 324 g/mol. The van der Waals surface area contributed by atoms with Gasteiger partial charge in [0.05, 0.1) is 13.5 Å². The fourth-order valence-corrected chi connectivity index (χ4v) is 2.62. The van der Waals surface area contributed by atoms with Crippen LogP contribution in [0.15, 0.2) is 46.9 Å². The Morgan fingerprint density at radius 3 is 2.92 bits per heavy atom. The molecule has 1 N–H and O–H groups in total. The Kier molecular flexibility index (Phi) is 4.79. The summed E-state index contributed by atoms with van der Waals surface area (Å²) in [5.41, 5.74) is 3.59. The lowest BCUT2D eigenvalue weighted by molar-refractivity contribution is -0.120. The predicted molar refractivity (Wildman–Crippen MR) is 92.2 cm³/mol. The van der Waals surface area contributed by atoms with Crippen molar-refractivity contribution < 1.29 is 13.9 Å². The molecular weight excluding hydrogens is 304 g/mol. The van der Waals surface area contributed by atoms with Crippen LogP contribution in [0.1, 0.15) is 17.0 Å². The number of benzene rings is 2. The van der Waals surface area contributed by atoms with E-state index < -0.39 is 0 Å². The van der Waals surface area contributed by atoms with Crippen molar-refractivity contribution in [2.24, 2.45) is 0 Å². The number of aryl methyl sites for hydroxylation is 1. The number of oxazole rings is 1. The Hall–Kier alpha value is -2.82.